The van der Waals surface area contributed by atoms with Crippen molar-refractivity contribution in [3.63, 3.8) is 0 Å². The van der Waals surface area contributed by atoms with Crippen molar-refractivity contribution >= 4 is 28.9 Å². The standard InChI is InChI=1S/C6H14O4.CCl2O2/c7-1-3-9-5-6-10-4-2-8;2-1(4)5-3/h7-8H,1-6H2;. The molecule has 0 aromatic rings. The summed E-state index contributed by atoms with van der Waals surface area (Å²) in [5.41, 5.74) is -1.01. The highest BCUT2D eigenvalue weighted by Crippen LogP contribution is 1.87. The molecule has 0 aromatic heterocycles. The maximum Gasteiger partial charge on any atom is 0.421 e. The minimum atomic E-state index is -1.01. The molecule has 0 saturated carbocycles. The number of hydrogen-bond acceptors (Lipinski definition) is 6. The Bertz CT molecular complexity index is 127. The zero-order valence-electron chi connectivity index (χ0n) is 8.03. The third kappa shape index (κ3) is 24.8. The number of aliphatic hydroxyl groups excluding tert-OH is 2. The molecule has 0 rings (SSSR count). The van der Waals surface area contributed by atoms with Crippen LogP contribution in [0.5, 0.6) is 0 Å². The van der Waals surface area contributed by atoms with Gasteiger partial charge in [-0.1, -0.05) is 0 Å². The van der Waals surface area contributed by atoms with Crippen molar-refractivity contribution in [3.8, 4) is 0 Å². The van der Waals surface area contributed by atoms with Gasteiger partial charge in [-0.15, -0.1) is 0 Å². The Morgan fingerprint density at radius 1 is 1.00 bits per heavy atom. The lowest BCUT2D eigenvalue weighted by molar-refractivity contribution is 0.0222. The topological polar surface area (TPSA) is 85.2 Å². The van der Waals surface area contributed by atoms with Gasteiger partial charge in [0.05, 0.1) is 39.6 Å². The van der Waals surface area contributed by atoms with Crippen LogP contribution in [0.2, 0.25) is 0 Å². The van der Waals surface area contributed by atoms with E-state index in [-0.39, 0.29) is 13.2 Å². The molecule has 92 valence electrons. The minimum Gasteiger partial charge on any atom is -0.394 e. The van der Waals surface area contributed by atoms with Gasteiger partial charge in [-0.05, 0) is 0 Å². The van der Waals surface area contributed by atoms with Crippen LogP contribution in [0.4, 0.5) is 4.79 Å². The highest BCUT2D eigenvalue weighted by molar-refractivity contribution is 6.62. The molecule has 2 N–H and O–H groups in total. The number of rotatable bonds is 7. The predicted octanol–water partition coefficient (Wildman–Crippen LogP) is 0.520. The quantitative estimate of drug-likeness (QED) is 0.515. The molecule has 0 radical (unpaired) electrons. The number of halogens is 2. The average molecular weight is 265 g/mol. The van der Waals surface area contributed by atoms with Gasteiger partial charge in [0.25, 0.3) is 0 Å². The van der Waals surface area contributed by atoms with Crippen LogP contribution in [0, 0.1) is 0 Å². The SMILES string of the molecule is O=C(Cl)OCl.OCCOCCOCCO. The largest absolute Gasteiger partial charge is 0.421 e. The van der Waals surface area contributed by atoms with Gasteiger partial charge in [0.2, 0.25) is 0 Å². The molecule has 0 spiro atoms. The van der Waals surface area contributed by atoms with E-state index in [4.69, 9.17) is 19.7 Å². The molecule has 0 atom stereocenters. The van der Waals surface area contributed by atoms with Gasteiger partial charge in [0.15, 0.2) is 0 Å². The molecule has 0 unspecified atom stereocenters. The van der Waals surface area contributed by atoms with Crippen molar-refractivity contribution in [2.75, 3.05) is 39.6 Å². The van der Waals surface area contributed by atoms with E-state index in [9.17, 15) is 4.79 Å². The second-order valence-corrected chi connectivity index (χ2v) is 2.45. The van der Waals surface area contributed by atoms with Gasteiger partial charge in [0, 0.05) is 11.6 Å². The Balaban J connectivity index is 0. The normalized spacial score (nSPS) is 9.07. The van der Waals surface area contributed by atoms with E-state index in [1.54, 1.807) is 0 Å². The summed E-state index contributed by atoms with van der Waals surface area (Å²) in [7, 11) is 0. The van der Waals surface area contributed by atoms with E-state index in [2.05, 4.69) is 27.8 Å². The monoisotopic (exact) mass is 264 g/mol. The van der Waals surface area contributed by atoms with Gasteiger partial charge in [-0.2, -0.15) is 0 Å². The van der Waals surface area contributed by atoms with Crippen LogP contribution in [0.25, 0.3) is 0 Å². The van der Waals surface area contributed by atoms with E-state index in [0.717, 1.165) is 0 Å². The Kier molecular flexibility index (Phi) is 18.8. The fourth-order valence-corrected chi connectivity index (χ4v) is 0.451. The second kappa shape index (κ2) is 16.3. The van der Waals surface area contributed by atoms with Crippen molar-refractivity contribution < 1.29 is 28.8 Å². The van der Waals surface area contributed by atoms with Crippen LogP contribution in [0.1, 0.15) is 0 Å². The van der Waals surface area contributed by atoms with Crippen LogP contribution in [0.3, 0.4) is 0 Å². The smallest absolute Gasteiger partial charge is 0.394 e. The molecule has 6 nitrogen and oxygen atoms in total. The summed E-state index contributed by atoms with van der Waals surface area (Å²) in [6.45, 7) is 1.73. The Hall–Kier alpha value is -0.110. The number of hydrogen-bond donors (Lipinski definition) is 2. The number of carbonyl (C=O) groups excluding carboxylic acids is 1. The molecule has 0 fully saturated rings. The summed E-state index contributed by atoms with van der Waals surface area (Å²) >= 11 is 8.82. The van der Waals surface area contributed by atoms with Gasteiger partial charge < -0.3 is 24.0 Å². The molecule has 0 aliphatic carbocycles. The Labute approximate surface area is 97.8 Å². The first-order valence-corrected chi connectivity index (χ1v) is 4.73. The average Bonchev–Trinajstić information content (AvgIpc) is 2.24. The van der Waals surface area contributed by atoms with Gasteiger partial charge >= 0.3 is 5.43 Å². The molecule has 0 amide bonds. The summed E-state index contributed by atoms with van der Waals surface area (Å²) < 4.78 is 13.1. The first kappa shape index (κ1) is 17.3. The summed E-state index contributed by atoms with van der Waals surface area (Å²) in [6.07, 6.45) is 0. The Morgan fingerprint density at radius 3 is 1.53 bits per heavy atom. The highest BCUT2D eigenvalue weighted by atomic mass is 35.5. The fraction of sp³-hybridized carbons (Fsp3) is 0.857. The summed E-state index contributed by atoms with van der Waals surface area (Å²) in [6, 6.07) is 0. The first-order chi connectivity index (χ1) is 7.18. The second-order valence-electron chi connectivity index (χ2n) is 1.99. The molecule has 0 aliphatic heterocycles. The van der Waals surface area contributed by atoms with Gasteiger partial charge in [-0.25, -0.2) is 4.79 Å². The van der Waals surface area contributed by atoms with E-state index in [0.29, 0.717) is 26.4 Å². The third-order valence-electron chi connectivity index (χ3n) is 0.904. The Morgan fingerprint density at radius 2 is 1.33 bits per heavy atom. The van der Waals surface area contributed by atoms with Gasteiger partial charge in [0.1, 0.15) is 11.9 Å². The fourth-order valence-electron chi connectivity index (χ4n) is 0.451. The van der Waals surface area contributed by atoms with Crippen LogP contribution in [-0.4, -0.2) is 55.3 Å². The van der Waals surface area contributed by atoms with Gasteiger partial charge in [-0.3, -0.25) is 0 Å². The molecule has 0 bridgehead atoms. The molecule has 0 aromatic carbocycles. The molecular weight excluding hydrogens is 251 g/mol. The van der Waals surface area contributed by atoms with E-state index < -0.39 is 5.43 Å². The number of carbonyl (C=O) groups is 1. The maximum atomic E-state index is 9.22. The molecule has 8 heteroatoms. The van der Waals surface area contributed by atoms with Crippen LogP contribution < -0.4 is 0 Å². The minimum absolute atomic E-state index is 0.0417. The lowest BCUT2D eigenvalue weighted by atomic mass is 10.7. The zero-order valence-corrected chi connectivity index (χ0v) is 9.54. The predicted molar refractivity (Wildman–Crippen MR) is 54.0 cm³/mol. The molecule has 0 aliphatic rings. The lowest BCUT2D eigenvalue weighted by Gasteiger charge is -2.01. The first-order valence-electron chi connectivity index (χ1n) is 4.04. The summed E-state index contributed by atoms with van der Waals surface area (Å²) in [4.78, 5) is 9.22. The zero-order chi connectivity index (χ0) is 11.9. The third-order valence-corrected chi connectivity index (χ3v) is 1.20. The molecule has 15 heavy (non-hydrogen) atoms. The van der Waals surface area contributed by atoms with Crippen LogP contribution >= 0.6 is 23.5 Å². The summed E-state index contributed by atoms with van der Waals surface area (Å²) in [5.74, 6) is 0. The van der Waals surface area contributed by atoms with E-state index in [1.807, 2.05) is 0 Å². The number of ether oxygens (including phenoxy) is 2. The maximum absolute atomic E-state index is 9.22. The van der Waals surface area contributed by atoms with Crippen molar-refractivity contribution in [2.45, 2.75) is 0 Å². The van der Waals surface area contributed by atoms with Crippen molar-refractivity contribution in [1.82, 2.24) is 0 Å². The molecular formula is C7H14Cl2O6. The van der Waals surface area contributed by atoms with Crippen molar-refractivity contribution in [1.29, 1.82) is 0 Å². The van der Waals surface area contributed by atoms with Crippen molar-refractivity contribution in [2.24, 2.45) is 0 Å². The molecule has 0 heterocycles. The van der Waals surface area contributed by atoms with Crippen molar-refractivity contribution in [3.05, 3.63) is 0 Å². The van der Waals surface area contributed by atoms with Crippen LogP contribution in [-0.2, 0) is 13.8 Å². The van der Waals surface area contributed by atoms with Crippen LogP contribution in [0.15, 0.2) is 0 Å². The lowest BCUT2D eigenvalue weighted by Crippen LogP contribution is -2.09. The molecule has 0 saturated heterocycles. The number of aliphatic hydroxyl groups is 2. The van der Waals surface area contributed by atoms with E-state index in [1.165, 1.54) is 0 Å². The van der Waals surface area contributed by atoms with E-state index >= 15 is 0 Å². The highest BCUT2D eigenvalue weighted by Gasteiger charge is 1.86. The summed E-state index contributed by atoms with van der Waals surface area (Å²) in [5, 5.41) is 16.5.